The summed E-state index contributed by atoms with van der Waals surface area (Å²) in [5.74, 6) is -0.0723. The van der Waals surface area contributed by atoms with E-state index in [1.165, 1.54) is 6.92 Å². The second-order valence-corrected chi connectivity index (χ2v) is 5.99. The molecule has 120 valence electrons. The van der Waals surface area contributed by atoms with Gasteiger partial charge in [0.05, 0.1) is 7.05 Å². The number of anilines is 1. The van der Waals surface area contributed by atoms with Crippen LogP contribution in [0.1, 0.15) is 22.8 Å². The topological polar surface area (TPSA) is 50.6 Å². The molecule has 0 aromatic heterocycles. The summed E-state index contributed by atoms with van der Waals surface area (Å²) in [5.41, 5.74) is 2.33. The summed E-state index contributed by atoms with van der Waals surface area (Å²) in [6.45, 7) is 2.52. The lowest BCUT2D eigenvalue weighted by Crippen LogP contribution is -3.08. The Bertz CT molecular complexity index is 698. The minimum Gasteiger partial charge on any atom is -0.326 e. The zero-order valence-electron chi connectivity index (χ0n) is 13.2. The van der Waals surface area contributed by atoms with Crippen molar-refractivity contribution in [2.75, 3.05) is 18.9 Å². The number of nitrogens with one attached hydrogen (secondary N) is 2. The van der Waals surface area contributed by atoms with E-state index in [-0.39, 0.29) is 11.7 Å². The van der Waals surface area contributed by atoms with Gasteiger partial charge in [-0.1, -0.05) is 29.8 Å². The number of carbonyl (C=O) groups excluding carboxylic acids is 2. The zero-order valence-corrected chi connectivity index (χ0v) is 14.0. The molecule has 1 amide bonds. The Balaban J connectivity index is 1.89. The van der Waals surface area contributed by atoms with Crippen LogP contribution in [-0.2, 0) is 11.3 Å². The summed E-state index contributed by atoms with van der Waals surface area (Å²) in [6, 6.07) is 14.5. The summed E-state index contributed by atoms with van der Waals surface area (Å²) >= 11 is 6.13. The van der Waals surface area contributed by atoms with Crippen molar-refractivity contribution in [1.82, 2.24) is 0 Å². The fourth-order valence-electron chi connectivity index (χ4n) is 2.30. The van der Waals surface area contributed by atoms with Gasteiger partial charge in [0.1, 0.15) is 6.54 Å². The van der Waals surface area contributed by atoms with Crippen LogP contribution in [0.5, 0.6) is 0 Å². The number of hydrogen-bond acceptors (Lipinski definition) is 2. The van der Waals surface area contributed by atoms with Crippen molar-refractivity contribution in [3.63, 3.8) is 0 Å². The van der Waals surface area contributed by atoms with Gasteiger partial charge in [-0.15, -0.1) is 0 Å². The third kappa shape index (κ3) is 5.20. The highest BCUT2D eigenvalue weighted by molar-refractivity contribution is 6.31. The highest BCUT2D eigenvalue weighted by Gasteiger charge is 2.12. The van der Waals surface area contributed by atoms with Gasteiger partial charge in [-0.2, -0.15) is 0 Å². The molecule has 0 fully saturated rings. The fourth-order valence-corrected chi connectivity index (χ4v) is 2.50. The fraction of sp³-hybridized carbons (Fsp3) is 0.222. The molecule has 0 saturated carbocycles. The maximum atomic E-state index is 12.1. The molecule has 0 aliphatic heterocycles. The lowest BCUT2D eigenvalue weighted by molar-refractivity contribution is -0.885. The molecule has 2 rings (SSSR count). The third-order valence-electron chi connectivity index (χ3n) is 3.49. The number of Topliss-reactive ketones (excluding diaryl/α,β-unsaturated/α-hetero) is 1. The molecule has 0 bridgehead atoms. The van der Waals surface area contributed by atoms with E-state index in [1.54, 1.807) is 24.3 Å². The van der Waals surface area contributed by atoms with Crippen LogP contribution in [0.15, 0.2) is 48.5 Å². The maximum Gasteiger partial charge on any atom is 0.279 e. The second-order valence-electron chi connectivity index (χ2n) is 5.58. The van der Waals surface area contributed by atoms with Crippen LogP contribution >= 0.6 is 11.6 Å². The van der Waals surface area contributed by atoms with Crippen molar-refractivity contribution in [1.29, 1.82) is 0 Å². The van der Waals surface area contributed by atoms with Crippen molar-refractivity contribution in [3.8, 4) is 0 Å². The molecule has 23 heavy (non-hydrogen) atoms. The molecule has 0 radical (unpaired) electrons. The van der Waals surface area contributed by atoms with Gasteiger partial charge in [0, 0.05) is 21.8 Å². The number of ketones is 1. The summed E-state index contributed by atoms with van der Waals surface area (Å²) in [5, 5.41) is 3.55. The third-order valence-corrected chi connectivity index (χ3v) is 3.86. The Morgan fingerprint density at radius 1 is 1.09 bits per heavy atom. The summed E-state index contributed by atoms with van der Waals surface area (Å²) in [7, 11) is 1.95. The number of halogens is 1. The SMILES string of the molecule is CC(=O)c1ccc(NC(=O)C[NH+](C)Cc2ccccc2Cl)cc1. The van der Waals surface area contributed by atoms with E-state index in [0.29, 0.717) is 29.4 Å². The molecule has 4 nitrogen and oxygen atoms in total. The van der Waals surface area contributed by atoms with Crippen LogP contribution in [-0.4, -0.2) is 25.3 Å². The first-order chi connectivity index (χ1) is 11.0. The van der Waals surface area contributed by atoms with Crippen LogP contribution < -0.4 is 10.2 Å². The Hall–Kier alpha value is -2.17. The van der Waals surface area contributed by atoms with Crippen LogP contribution in [0.3, 0.4) is 0 Å². The molecule has 0 aliphatic rings. The van der Waals surface area contributed by atoms with E-state index in [2.05, 4.69) is 5.32 Å². The molecule has 2 aromatic rings. The predicted molar refractivity (Wildman–Crippen MR) is 92.0 cm³/mol. The Kier molecular flexibility index (Phi) is 5.90. The number of likely N-dealkylation sites (N-methyl/N-ethyl adjacent to an activating group) is 1. The predicted octanol–water partition coefficient (Wildman–Crippen LogP) is 2.20. The van der Waals surface area contributed by atoms with Crippen LogP contribution in [0.4, 0.5) is 5.69 Å². The van der Waals surface area contributed by atoms with Crippen molar-refractivity contribution < 1.29 is 14.5 Å². The number of amides is 1. The number of quaternary nitrogens is 1. The average molecular weight is 332 g/mol. The maximum absolute atomic E-state index is 12.1. The largest absolute Gasteiger partial charge is 0.326 e. The zero-order chi connectivity index (χ0) is 16.8. The molecule has 1 atom stereocenters. The van der Waals surface area contributed by atoms with E-state index in [4.69, 9.17) is 11.6 Å². The molecular weight excluding hydrogens is 312 g/mol. The highest BCUT2D eigenvalue weighted by Crippen LogP contribution is 2.13. The van der Waals surface area contributed by atoms with E-state index in [9.17, 15) is 9.59 Å². The standard InChI is InChI=1S/C18H19ClN2O2/c1-13(22)14-7-9-16(10-8-14)20-18(23)12-21(2)11-15-5-3-4-6-17(15)19/h3-10H,11-12H2,1-2H3,(H,20,23)/p+1. The van der Waals surface area contributed by atoms with Gasteiger partial charge in [0.2, 0.25) is 0 Å². The Labute approximate surface area is 141 Å². The molecule has 2 N–H and O–H groups in total. The summed E-state index contributed by atoms with van der Waals surface area (Å²) in [6.07, 6.45) is 0. The number of benzene rings is 2. The minimum absolute atomic E-state index is 0.00629. The van der Waals surface area contributed by atoms with Crippen LogP contribution in [0.2, 0.25) is 5.02 Å². The molecule has 0 spiro atoms. The lowest BCUT2D eigenvalue weighted by atomic mass is 10.1. The van der Waals surface area contributed by atoms with Gasteiger partial charge in [0.15, 0.2) is 12.3 Å². The smallest absolute Gasteiger partial charge is 0.279 e. The van der Waals surface area contributed by atoms with Crippen LogP contribution in [0, 0.1) is 0 Å². The normalized spacial score (nSPS) is 11.8. The summed E-state index contributed by atoms with van der Waals surface area (Å²) < 4.78 is 0. The van der Waals surface area contributed by atoms with E-state index in [1.807, 2.05) is 31.3 Å². The van der Waals surface area contributed by atoms with Gasteiger partial charge >= 0.3 is 0 Å². The number of rotatable bonds is 6. The van der Waals surface area contributed by atoms with Gasteiger partial charge in [0.25, 0.3) is 5.91 Å². The van der Waals surface area contributed by atoms with Gasteiger partial charge in [-0.05, 0) is 37.3 Å². The first kappa shape index (κ1) is 17.2. The Morgan fingerprint density at radius 3 is 2.35 bits per heavy atom. The monoisotopic (exact) mass is 331 g/mol. The van der Waals surface area contributed by atoms with E-state index < -0.39 is 0 Å². The van der Waals surface area contributed by atoms with Crippen molar-refractivity contribution >= 4 is 29.0 Å². The Morgan fingerprint density at radius 2 is 1.74 bits per heavy atom. The minimum atomic E-state index is -0.0786. The average Bonchev–Trinajstić information content (AvgIpc) is 2.50. The second kappa shape index (κ2) is 7.90. The highest BCUT2D eigenvalue weighted by atomic mass is 35.5. The quantitative estimate of drug-likeness (QED) is 0.797. The molecule has 0 aliphatic carbocycles. The molecule has 0 heterocycles. The molecular formula is C18H20ClN2O2+. The molecule has 5 heteroatoms. The van der Waals surface area contributed by atoms with Crippen molar-refractivity contribution in [2.24, 2.45) is 0 Å². The number of carbonyl (C=O) groups is 2. The van der Waals surface area contributed by atoms with Gasteiger partial charge in [-0.25, -0.2) is 0 Å². The molecule has 0 saturated heterocycles. The van der Waals surface area contributed by atoms with Crippen molar-refractivity contribution in [3.05, 3.63) is 64.7 Å². The van der Waals surface area contributed by atoms with E-state index >= 15 is 0 Å². The van der Waals surface area contributed by atoms with Gasteiger partial charge in [-0.3, -0.25) is 9.59 Å². The first-order valence-corrected chi connectivity index (χ1v) is 7.79. The first-order valence-electron chi connectivity index (χ1n) is 7.41. The van der Waals surface area contributed by atoms with Crippen LogP contribution in [0.25, 0.3) is 0 Å². The van der Waals surface area contributed by atoms with Gasteiger partial charge < -0.3 is 10.2 Å². The number of hydrogen-bond donors (Lipinski definition) is 2. The lowest BCUT2D eigenvalue weighted by Gasteiger charge is -2.14. The summed E-state index contributed by atoms with van der Waals surface area (Å²) in [4.78, 5) is 24.3. The molecule has 1 unspecified atom stereocenters. The molecule has 2 aromatic carbocycles. The van der Waals surface area contributed by atoms with Crippen molar-refractivity contribution in [2.45, 2.75) is 13.5 Å². The van der Waals surface area contributed by atoms with E-state index in [0.717, 1.165) is 10.5 Å².